The highest BCUT2D eigenvalue weighted by atomic mass is 35.5. The molecular weight excluding hydrogens is 198 g/mol. The van der Waals surface area contributed by atoms with Crippen molar-refractivity contribution in [2.75, 3.05) is 19.0 Å². The highest BCUT2D eigenvalue weighted by Crippen LogP contribution is 2.34. The van der Waals surface area contributed by atoms with Gasteiger partial charge >= 0.3 is 0 Å². The van der Waals surface area contributed by atoms with Gasteiger partial charge in [0.2, 0.25) is 0 Å². The van der Waals surface area contributed by atoms with Crippen molar-refractivity contribution in [2.24, 2.45) is 0 Å². The lowest BCUT2D eigenvalue weighted by molar-refractivity contribution is 0.153. The smallest absolute Gasteiger partial charge is 0.0693 e. The molecule has 1 aliphatic rings. The minimum Gasteiger partial charge on any atom is -0.382 e. The van der Waals surface area contributed by atoms with Gasteiger partial charge in [-0.15, -0.1) is 0 Å². The van der Waals surface area contributed by atoms with Crippen LogP contribution in [-0.2, 0) is 11.2 Å². The fourth-order valence-corrected chi connectivity index (χ4v) is 2.19. The maximum atomic E-state index is 5.92. The first kappa shape index (κ1) is 9.81. The quantitative estimate of drug-likeness (QED) is 0.812. The predicted molar refractivity (Wildman–Crippen MR) is 59.1 cm³/mol. The Morgan fingerprint density at radius 1 is 1.57 bits per heavy atom. The van der Waals surface area contributed by atoms with Crippen LogP contribution in [0, 0.1) is 0 Å². The minimum absolute atomic E-state index is 0.0156. The maximum absolute atomic E-state index is 5.92. The largest absolute Gasteiger partial charge is 0.382 e. The summed E-state index contributed by atoms with van der Waals surface area (Å²) < 4.78 is 5.19. The van der Waals surface area contributed by atoms with Crippen molar-refractivity contribution in [2.45, 2.75) is 18.9 Å². The van der Waals surface area contributed by atoms with Crippen molar-refractivity contribution in [3.05, 3.63) is 28.8 Å². The van der Waals surface area contributed by atoms with Crippen LogP contribution in [0.4, 0.5) is 5.69 Å². The summed E-state index contributed by atoms with van der Waals surface area (Å²) in [4.78, 5) is 0. The monoisotopic (exact) mass is 211 g/mol. The van der Waals surface area contributed by atoms with Gasteiger partial charge in [-0.05, 0) is 31.0 Å². The standard InChI is InChI=1S/C11H14ClNO/c1-11(7-14-2)6-8-3-4-9(12)5-10(8)13-11/h3-5,13H,6-7H2,1-2H3. The van der Waals surface area contributed by atoms with E-state index in [1.807, 2.05) is 12.1 Å². The van der Waals surface area contributed by atoms with E-state index in [0.29, 0.717) is 6.61 Å². The first-order chi connectivity index (χ1) is 6.63. The Morgan fingerprint density at radius 2 is 2.36 bits per heavy atom. The Kier molecular flexibility index (Phi) is 2.41. The Morgan fingerprint density at radius 3 is 3.07 bits per heavy atom. The van der Waals surface area contributed by atoms with Crippen molar-refractivity contribution >= 4 is 17.3 Å². The number of hydrogen-bond acceptors (Lipinski definition) is 2. The summed E-state index contributed by atoms with van der Waals surface area (Å²) in [5.41, 5.74) is 2.47. The number of ether oxygens (including phenoxy) is 1. The van der Waals surface area contributed by atoms with Gasteiger partial charge in [0.1, 0.15) is 0 Å². The highest BCUT2D eigenvalue weighted by molar-refractivity contribution is 6.30. The van der Waals surface area contributed by atoms with Gasteiger partial charge in [-0.3, -0.25) is 0 Å². The van der Waals surface area contributed by atoms with Crippen LogP contribution in [0.5, 0.6) is 0 Å². The maximum Gasteiger partial charge on any atom is 0.0693 e. The van der Waals surface area contributed by atoms with Gasteiger partial charge in [-0.25, -0.2) is 0 Å². The molecule has 1 heterocycles. The first-order valence-electron chi connectivity index (χ1n) is 4.68. The fourth-order valence-electron chi connectivity index (χ4n) is 2.01. The molecule has 0 spiro atoms. The van der Waals surface area contributed by atoms with Crippen molar-refractivity contribution in [3.63, 3.8) is 0 Å². The summed E-state index contributed by atoms with van der Waals surface area (Å²) in [5, 5.41) is 4.22. The molecule has 0 fully saturated rings. The van der Waals surface area contributed by atoms with Gasteiger partial charge < -0.3 is 10.1 Å². The topological polar surface area (TPSA) is 21.3 Å². The zero-order valence-corrected chi connectivity index (χ0v) is 9.19. The zero-order valence-electron chi connectivity index (χ0n) is 8.43. The van der Waals surface area contributed by atoms with Gasteiger partial charge in [0, 0.05) is 17.8 Å². The summed E-state index contributed by atoms with van der Waals surface area (Å²) in [6, 6.07) is 5.98. The molecule has 0 saturated heterocycles. The lowest BCUT2D eigenvalue weighted by atomic mass is 9.99. The van der Waals surface area contributed by atoms with Crippen molar-refractivity contribution in [1.29, 1.82) is 0 Å². The van der Waals surface area contributed by atoms with Crippen molar-refractivity contribution in [1.82, 2.24) is 0 Å². The van der Waals surface area contributed by atoms with Crippen molar-refractivity contribution in [3.8, 4) is 0 Å². The number of halogens is 1. The van der Waals surface area contributed by atoms with Gasteiger partial charge in [-0.2, -0.15) is 0 Å². The van der Waals surface area contributed by atoms with Crippen molar-refractivity contribution < 1.29 is 4.74 Å². The van der Waals surface area contributed by atoms with E-state index in [1.54, 1.807) is 7.11 Å². The summed E-state index contributed by atoms with van der Waals surface area (Å²) in [7, 11) is 1.73. The number of anilines is 1. The van der Waals surface area contributed by atoms with Crippen LogP contribution in [-0.4, -0.2) is 19.3 Å². The van der Waals surface area contributed by atoms with Gasteiger partial charge in [-0.1, -0.05) is 17.7 Å². The molecule has 0 bridgehead atoms. The van der Waals surface area contributed by atoms with Gasteiger partial charge in [0.05, 0.1) is 12.1 Å². The third-order valence-electron chi connectivity index (χ3n) is 2.55. The van der Waals surface area contributed by atoms with Crippen LogP contribution in [0.3, 0.4) is 0 Å². The number of rotatable bonds is 2. The second-order valence-corrected chi connectivity index (χ2v) is 4.53. The average Bonchev–Trinajstić information content (AvgIpc) is 2.40. The van der Waals surface area contributed by atoms with E-state index in [1.165, 1.54) is 5.56 Å². The predicted octanol–water partition coefficient (Wildman–Crippen LogP) is 2.71. The molecule has 0 radical (unpaired) electrons. The molecular formula is C11H14ClNO. The number of hydrogen-bond donors (Lipinski definition) is 1. The zero-order chi connectivity index (χ0) is 10.2. The summed E-state index contributed by atoms with van der Waals surface area (Å²) in [5.74, 6) is 0. The highest BCUT2D eigenvalue weighted by Gasteiger charge is 2.31. The molecule has 1 aliphatic heterocycles. The Labute approximate surface area is 89.2 Å². The van der Waals surface area contributed by atoms with Gasteiger partial charge in [0.25, 0.3) is 0 Å². The average molecular weight is 212 g/mol. The molecule has 76 valence electrons. The molecule has 0 aromatic heterocycles. The van der Waals surface area contributed by atoms with E-state index in [2.05, 4.69) is 18.3 Å². The summed E-state index contributed by atoms with van der Waals surface area (Å²) >= 11 is 5.92. The molecule has 0 aliphatic carbocycles. The lowest BCUT2D eigenvalue weighted by Crippen LogP contribution is -2.37. The van der Waals surface area contributed by atoms with E-state index in [-0.39, 0.29) is 5.54 Å². The van der Waals surface area contributed by atoms with Crippen LogP contribution in [0.2, 0.25) is 5.02 Å². The van der Waals surface area contributed by atoms with Crippen LogP contribution in [0.15, 0.2) is 18.2 Å². The fraction of sp³-hybridized carbons (Fsp3) is 0.455. The van der Waals surface area contributed by atoms with E-state index in [0.717, 1.165) is 17.1 Å². The molecule has 2 nitrogen and oxygen atoms in total. The molecule has 1 aromatic carbocycles. The molecule has 1 N–H and O–H groups in total. The molecule has 1 atom stereocenters. The molecule has 14 heavy (non-hydrogen) atoms. The van der Waals surface area contributed by atoms with E-state index in [4.69, 9.17) is 16.3 Å². The molecule has 0 amide bonds. The third-order valence-corrected chi connectivity index (χ3v) is 2.79. The van der Waals surface area contributed by atoms with E-state index in [9.17, 15) is 0 Å². The second-order valence-electron chi connectivity index (χ2n) is 4.10. The Balaban J connectivity index is 2.25. The molecule has 2 rings (SSSR count). The van der Waals surface area contributed by atoms with E-state index < -0.39 is 0 Å². The summed E-state index contributed by atoms with van der Waals surface area (Å²) in [6.45, 7) is 2.86. The summed E-state index contributed by atoms with van der Waals surface area (Å²) in [6.07, 6.45) is 0.993. The lowest BCUT2D eigenvalue weighted by Gasteiger charge is -2.23. The third kappa shape index (κ3) is 1.72. The normalized spacial score (nSPS) is 24.5. The SMILES string of the molecule is COCC1(C)Cc2ccc(Cl)cc2N1. The van der Waals surface area contributed by atoms with Gasteiger partial charge in [0.15, 0.2) is 0 Å². The van der Waals surface area contributed by atoms with Crippen LogP contribution < -0.4 is 5.32 Å². The molecule has 1 unspecified atom stereocenters. The Bertz CT molecular complexity index is 353. The van der Waals surface area contributed by atoms with E-state index >= 15 is 0 Å². The van der Waals surface area contributed by atoms with Crippen LogP contribution in [0.25, 0.3) is 0 Å². The van der Waals surface area contributed by atoms with Crippen LogP contribution in [0.1, 0.15) is 12.5 Å². The van der Waals surface area contributed by atoms with Crippen LogP contribution >= 0.6 is 11.6 Å². The molecule has 0 saturated carbocycles. The molecule has 3 heteroatoms. The first-order valence-corrected chi connectivity index (χ1v) is 5.06. The number of fused-ring (bicyclic) bond motifs is 1. The Hall–Kier alpha value is -0.730. The second kappa shape index (κ2) is 3.44. The minimum atomic E-state index is 0.0156. The number of methoxy groups -OCH3 is 1. The molecule has 1 aromatic rings. The number of nitrogens with one attached hydrogen (secondary N) is 1. The number of benzene rings is 1.